The number of rotatable bonds is 1. The molecule has 0 spiro atoms. The lowest BCUT2D eigenvalue weighted by Gasteiger charge is -1.91. The molecule has 0 saturated heterocycles. The topological polar surface area (TPSA) is 31.0 Å². The zero-order chi connectivity index (χ0) is 9.38. The van der Waals surface area contributed by atoms with E-state index < -0.39 is 0 Å². The molecule has 0 aliphatic carbocycles. The van der Waals surface area contributed by atoms with Gasteiger partial charge in [0.25, 0.3) is 0 Å². The molecule has 0 fully saturated rings. The first-order chi connectivity index (χ1) is 6.93. The molecule has 3 nitrogen and oxygen atoms in total. The minimum absolute atomic E-state index is 0.946. The van der Waals surface area contributed by atoms with Crippen molar-refractivity contribution in [1.29, 1.82) is 0 Å². The van der Waals surface area contributed by atoms with Gasteiger partial charge in [0.15, 0.2) is 0 Å². The Labute approximate surface area is 80.6 Å². The average Bonchev–Trinajstić information content (AvgIpc) is 2.86. The van der Waals surface area contributed by atoms with Gasteiger partial charge in [0.05, 0.1) is 11.8 Å². The largest absolute Gasteiger partial charge is 0.470 e. The van der Waals surface area contributed by atoms with Gasteiger partial charge in [0.2, 0.25) is 0 Å². The summed E-state index contributed by atoms with van der Waals surface area (Å²) in [5.41, 5.74) is 1.94. The highest BCUT2D eigenvalue weighted by Crippen LogP contribution is 2.15. The van der Waals surface area contributed by atoms with E-state index in [1.165, 1.54) is 0 Å². The molecule has 0 aliphatic rings. The Morgan fingerprint density at radius 1 is 1.14 bits per heavy atom. The van der Waals surface area contributed by atoms with Crippen molar-refractivity contribution in [3.05, 3.63) is 49.1 Å². The zero-order valence-electron chi connectivity index (χ0n) is 7.42. The van der Waals surface area contributed by atoms with E-state index in [0.29, 0.717) is 0 Å². The van der Waals surface area contributed by atoms with E-state index in [1.807, 2.05) is 41.2 Å². The van der Waals surface area contributed by atoms with Gasteiger partial charge in [-0.05, 0) is 6.07 Å². The van der Waals surface area contributed by atoms with Crippen molar-refractivity contribution in [3.63, 3.8) is 0 Å². The number of nitrogens with zero attached hydrogens (tertiary/aromatic N) is 2. The number of benzene rings is 1. The van der Waals surface area contributed by atoms with E-state index in [0.717, 1.165) is 16.6 Å². The van der Waals surface area contributed by atoms with Crippen LogP contribution in [0, 0.1) is 0 Å². The van der Waals surface area contributed by atoms with E-state index >= 15 is 0 Å². The Balaban J connectivity index is 2.24. The predicted molar refractivity (Wildman–Crippen MR) is 53.3 cm³/mol. The first-order valence-corrected chi connectivity index (χ1v) is 4.40. The second-order valence-electron chi connectivity index (χ2n) is 3.11. The summed E-state index contributed by atoms with van der Waals surface area (Å²) in [6.45, 7) is 0. The van der Waals surface area contributed by atoms with Crippen molar-refractivity contribution >= 4 is 10.9 Å². The zero-order valence-corrected chi connectivity index (χ0v) is 7.42. The summed E-state index contributed by atoms with van der Waals surface area (Å²) in [5.74, 6) is 0. The van der Waals surface area contributed by atoms with Crippen LogP contribution in [0.3, 0.4) is 0 Å². The van der Waals surface area contributed by atoms with E-state index in [2.05, 4.69) is 5.10 Å². The van der Waals surface area contributed by atoms with Crippen molar-refractivity contribution in [2.24, 2.45) is 0 Å². The third-order valence-corrected chi connectivity index (χ3v) is 2.18. The lowest BCUT2D eigenvalue weighted by atomic mass is 10.3. The fraction of sp³-hybridized carbons (Fsp3) is 0. The SMILES string of the molecule is c1ccc2nn(-c3ccoc3)cc2c1. The monoisotopic (exact) mass is 184 g/mol. The standard InChI is InChI=1S/C11H8N2O/c1-2-4-11-9(3-1)7-13(12-11)10-5-6-14-8-10/h1-8H. The maximum absolute atomic E-state index is 5.00. The van der Waals surface area contributed by atoms with Gasteiger partial charge in [0.1, 0.15) is 12.0 Å². The number of hydrogen-bond donors (Lipinski definition) is 0. The third kappa shape index (κ3) is 1.03. The molecule has 0 saturated carbocycles. The molecule has 2 heterocycles. The summed E-state index contributed by atoms with van der Waals surface area (Å²) in [6.07, 6.45) is 5.30. The molecule has 0 amide bonds. The summed E-state index contributed by atoms with van der Waals surface area (Å²) < 4.78 is 6.82. The lowest BCUT2D eigenvalue weighted by molar-refractivity contribution is 0.564. The molecule has 0 atom stereocenters. The number of aromatic nitrogens is 2. The molecule has 0 radical (unpaired) electrons. The maximum atomic E-state index is 5.00. The van der Waals surface area contributed by atoms with E-state index in [1.54, 1.807) is 12.5 Å². The van der Waals surface area contributed by atoms with Crippen LogP contribution in [0.25, 0.3) is 16.6 Å². The Kier molecular flexibility index (Phi) is 1.44. The highest BCUT2D eigenvalue weighted by atomic mass is 16.3. The molecule has 1 aromatic carbocycles. The highest BCUT2D eigenvalue weighted by molar-refractivity contribution is 5.78. The Hall–Kier alpha value is -2.03. The molecule has 0 unspecified atom stereocenters. The molecule has 68 valence electrons. The minimum atomic E-state index is 0.946. The van der Waals surface area contributed by atoms with Gasteiger partial charge in [0, 0.05) is 17.6 Å². The molecule has 0 aliphatic heterocycles. The molecule has 3 aromatic rings. The summed E-state index contributed by atoms with van der Waals surface area (Å²) in [4.78, 5) is 0. The molecule has 2 aromatic heterocycles. The maximum Gasteiger partial charge on any atom is 0.116 e. The van der Waals surface area contributed by atoms with Crippen LogP contribution in [-0.4, -0.2) is 9.78 Å². The first-order valence-electron chi connectivity index (χ1n) is 4.40. The molecule has 0 N–H and O–H groups in total. The number of furan rings is 1. The molecule has 3 heteroatoms. The van der Waals surface area contributed by atoms with Crippen molar-refractivity contribution in [1.82, 2.24) is 9.78 Å². The summed E-state index contributed by atoms with van der Waals surface area (Å²) in [6, 6.07) is 9.90. The molecule has 14 heavy (non-hydrogen) atoms. The second kappa shape index (κ2) is 2.73. The van der Waals surface area contributed by atoms with Gasteiger partial charge in [-0.2, -0.15) is 5.10 Å². The van der Waals surface area contributed by atoms with Crippen LogP contribution >= 0.6 is 0 Å². The van der Waals surface area contributed by atoms with Crippen molar-refractivity contribution in [3.8, 4) is 5.69 Å². The molecular weight excluding hydrogens is 176 g/mol. The van der Waals surface area contributed by atoms with Crippen LogP contribution in [0.5, 0.6) is 0 Å². The smallest absolute Gasteiger partial charge is 0.116 e. The number of hydrogen-bond acceptors (Lipinski definition) is 2. The fourth-order valence-corrected chi connectivity index (χ4v) is 1.48. The molecule has 0 bridgehead atoms. The second-order valence-corrected chi connectivity index (χ2v) is 3.11. The summed E-state index contributed by atoms with van der Waals surface area (Å²) >= 11 is 0. The van der Waals surface area contributed by atoms with Crippen LogP contribution in [-0.2, 0) is 0 Å². The number of fused-ring (bicyclic) bond motifs is 1. The van der Waals surface area contributed by atoms with Gasteiger partial charge >= 0.3 is 0 Å². The van der Waals surface area contributed by atoms with Gasteiger partial charge in [-0.25, -0.2) is 4.68 Å². The van der Waals surface area contributed by atoms with Gasteiger partial charge < -0.3 is 4.42 Å². The van der Waals surface area contributed by atoms with Crippen LogP contribution in [0.2, 0.25) is 0 Å². The van der Waals surface area contributed by atoms with Crippen LogP contribution in [0.4, 0.5) is 0 Å². The average molecular weight is 184 g/mol. The molecule has 3 rings (SSSR count). The van der Waals surface area contributed by atoms with Crippen molar-refractivity contribution < 1.29 is 4.42 Å². The highest BCUT2D eigenvalue weighted by Gasteiger charge is 2.01. The Bertz CT molecular complexity index is 518. The Morgan fingerprint density at radius 2 is 2.07 bits per heavy atom. The van der Waals surface area contributed by atoms with Crippen LogP contribution < -0.4 is 0 Å². The van der Waals surface area contributed by atoms with E-state index in [4.69, 9.17) is 4.42 Å². The van der Waals surface area contributed by atoms with E-state index in [-0.39, 0.29) is 0 Å². The fourth-order valence-electron chi connectivity index (χ4n) is 1.48. The van der Waals surface area contributed by atoms with Gasteiger partial charge in [-0.3, -0.25) is 0 Å². The quantitative estimate of drug-likeness (QED) is 0.582. The summed E-state index contributed by atoms with van der Waals surface area (Å²) in [7, 11) is 0. The van der Waals surface area contributed by atoms with Gasteiger partial charge in [-0.15, -0.1) is 0 Å². The van der Waals surface area contributed by atoms with Crippen LogP contribution in [0.15, 0.2) is 53.5 Å². The lowest BCUT2D eigenvalue weighted by Crippen LogP contribution is -1.90. The van der Waals surface area contributed by atoms with Crippen molar-refractivity contribution in [2.45, 2.75) is 0 Å². The molecular formula is C11H8N2O. The first kappa shape index (κ1) is 7.38. The summed E-state index contributed by atoms with van der Waals surface area (Å²) in [5, 5.41) is 5.54. The van der Waals surface area contributed by atoms with Gasteiger partial charge in [-0.1, -0.05) is 18.2 Å². The predicted octanol–water partition coefficient (Wildman–Crippen LogP) is 2.62. The van der Waals surface area contributed by atoms with Crippen LogP contribution in [0.1, 0.15) is 0 Å². The normalized spacial score (nSPS) is 10.9. The van der Waals surface area contributed by atoms with Crippen molar-refractivity contribution in [2.75, 3.05) is 0 Å². The third-order valence-electron chi connectivity index (χ3n) is 2.18. The minimum Gasteiger partial charge on any atom is -0.470 e. The Morgan fingerprint density at radius 3 is 2.86 bits per heavy atom. The van der Waals surface area contributed by atoms with E-state index in [9.17, 15) is 0 Å².